The fourth-order valence-electron chi connectivity index (χ4n) is 2.10. The van der Waals surface area contributed by atoms with E-state index in [4.69, 9.17) is 4.74 Å². The van der Waals surface area contributed by atoms with Crippen molar-refractivity contribution in [3.63, 3.8) is 0 Å². The van der Waals surface area contributed by atoms with Gasteiger partial charge in [-0.3, -0.25) is 4.98 Å². The van der Waals surface area contributed by atoms with E-state index in [0.29, 0.717) is 16.9 Å². The van der Waals surface area contributed by atoms with Crippen LogP contribution in [-0.2, 0) is 0 Å². The van der Waals surface area contributed by atoms with Crippen molar-refractivity contribution in [1.29, 1.82) is 0 Å². The predicted octanol–water partition coefficient (Wildman–Crippen LogP) is 2.85. The van der Waals surface area contributed by atoms with Crippen LogP contribution in [0.2, 0.25) is 0 Å². The van der Waals surface area contributed by atoms with Gasteiger partial charge < -0.3 is 10.1 Å². The van der Waals surface area contributed by atoms with Crippen molar-refractivity contribution < 1.29 is 9.13 Å². The Morgan fingerprint density at radius 2 is 2.11 bits per heavy atom. The van der Waals surface area contributed by atoms with Crippen molar-refractivity contribution in [2.24, 2.45) is 0 Å². The first-order valence-corrected chi connectivity index (χ1v) is 6.08. The molecule has 0 amide bonds. The summed E-state index contributed by atoms with van der Waals surface area (Å²) in [5, 5.41) is 3.12. The fourth-order valence-corrected chi connectivity index (χ4v) is 2.10. The number of hydrogen-bond donors (Lipinski definition) is 1. The zero-order chi connectivity index (χ0) is 13.8. The van der Waals surface area contributed by atoms with Gasteiger partial charge in [-0.2, -0.15) is 0 Å². The topological polar surface area (TPSA) is 34.2 Å². The smallest absolute Gasteiger partial charge is 0.137 e. The molecule has 1 unspecified atom stereocenters. The zero-order valence-electron chi connectivity index (χ0n) is 11.3. The number of aryl methyl sites for hydroxylation is 1. The SMILES string of the molecule is CNC(c1cncc(OC)c1)c1cccc(C)c1F. The summed E-state index contributed by atoms with van der Waals surface area (Å²) < 4.78 is 19.4. The van der Waals surface area contributed by atoms with Crippen LogP contribution in [0.5, 0.6) is 5.75 Å². The van der Waals surface area contributed by atoms with Crippen LogP contribution in [0.25, 0.3) is 0 Å². The third-order valence-electron chi connectivity index (χ3n) is 3.12. The molecule has 4 heteroatoms. The molecule has 3 nitrogen and oxygen atoms in total. The van der Waals surface area contributed by atoms with Gasteiger partial charge in [-0.1, -0.05) is 18.2 Å². The highest BCUT2D eigenvalue weighted by molar-refractivity contribution is 5.36. The van der Waals surface area contributed by atoms with Crippen LogP contribution in [0, 0.1) is 12.7 Å². The second kappa shape index (κ2) is 5.80. The Hall–Kier alpha value is -1.94. The van der Waals surface area contributed by atoms with E-state index >= 15 is 0 Å². The lowest BCUT2D eigenvalue weighted by Crippen LogP contribution is -2.19. The quantitative estimate of drug-likeness (QED) is 0.918. The molecule has 1 aromatic heterocycles. The molecular formula is C15H17FN2O. The van der Waals surface area contributed by atoms with Crippen LogP contribution in [0.1, 0.15) is 22.7 Å². The first-order valence-electron chi connectivity index (χ1n) is 6.08. The molecule has 0 saturated heterocycles. The molecule has 100 valence electrons. The Kier molecular flexibility index (Phi) is 4.12. The minimum atomic E-state index is -0.248. The lowest BCUT2D eigenvalue weighted by Gasteiger charge is -2.18. The Labute approximate surface area is 112 Å². The molecule has 0 radical (unpaired) electrons. The number of pyridine rings is 1. The molecule has 0 saturated carbocycles. The molecule has 0 aliphatic carbocycles. The van der Waals surface area contributed by atoms with Gasteiger partial charge in [0.1, 0.15) is 11.6 Å². The van der Waals surface area contributed by atoms with E-state index in [1.54, 1.807) is 45.6 Å². The van der Waals surface area contributed by atoms with E-state index in [1.807, 2.05) is 12.1 Å². The van der Waals surface area contributed by atoms with Gasteiger partial charge in [-0.05, 0) is 31.2 Å². The van der Waals surface area contributed by atoms with Crippen molar-refractivity contribution in [2.75, 3.05) is 14.2 Å². The third kappa shape index (κ3) is 2.74. The summed E-state index contributed by atoms with van der Waals surface area (Å²) in [5.41, 5.74) is 2.11. The first kappa shape index (κ1) is 13.5. The van der Waals surface area contributed by atoms with Crippen molar-refractivity contribution in [1.82, 2.24) is 10.3 Å². The number of methoxy groups -OCH3 is 1. The van der Waals surface area contributed by atoms with Crippen molar-refractivity contribution in [2.45, 2.75) is 13.0 Å². The maximum absolute atomic E-state index is 14.2. The second-order valence-corrected chi connectivity index (χ2v) is 4.36. The molecule has 1 atom stereocenters. The Balaban J connectivity index is 2.46. The van der Waals surface area contributed by atoms with Gasteiger partial charge in [0.2, 0.25) is 0 Å². The van der Waals surface area contributed by atoms with Crippen LogP contribution in [0.15, 0.2) is 36.7 Å². The number of halogens is 1. The highest BCUT2D eigenvalue weighted by atomic mass is 19.1. The first-order chi connectivity index (χ1) is 9.17. The van der Waals surface area contributed by atoms with Gasteiger partial charge in [0.15, 0.2) is 0 Å². The third-order valence-corrected chi connectivity index (χ3v) is 3.12. The van der Waals surface area contributed by atoms with Crippen LogP contribution in [-0.4, -0.2) is 19.1 Å². The van der Waals surface area contributed by atoms with Crippen LogP contribution < -0.4 is 10.1 Å². The van der Waals surface area contributed by atoms with Gasteiger partial charge in [0.25, 0.3) is 0 Å². The van der Waals surface area contributed by atoms with Crippen LogP contribution in [0.4, 0.5) is 4.39 Å². The second-order valence-electron chi connectivity index (χ2n) is 4.36. The molecule has 2 aromatic rings. The highest BCUT2D eigenvalue weighted by Crippen LogP contribution is 2.27. The molecule has 0 bridgehead atoms. The number of aromatic nitrogens is 1. The normalized spacial score (nSPS) is 12.2. The zero-order valence-corrected chi connectivity index (χ0v) is 11.3. The fraction of sp³-hybridized carbons (Fsp3) is 0.267. The molecule has 2 rings (SSSR count). The molecule has 0 fully saturated rings. The van der Waals surface area contributed by atoms with Crippen LogP contribution in [0.3, 0.4) is 0 Å². The Morgan fingerprint density at radius 3 is 2.79 bits per heavy atom. The highest BCUT2D eigenvalue weighted by Gasteiger charge is 2.17. The molecule has 1 N–H and O–H groups in total. The molecule has 0 aliphatic rings. The summed E-state index contributed by atoms with van der Waals surface area (Å²) in [6.07, 6.45) is 3.34. The van der Waals surface area contributed by atoms with Gasteiger partial charge in [0.05, 0.1) is 19.3 Å². The average molecular weight is 260 g/mol. The number of ether oxygens (including phenoxy) is 1. The van der Waals surface area contributed by atoms with E-state index in [0.717, 1.165) is 5.56 Å². The van der Waals surface area contributed by atoms with Crippen molar-refractivity contribution in [3.05, 3.63) is 59.2 Å². The maximum Gasteiger partial charge on any atom is 0.137 e. The van der Waals surface area contributed by atoms with Gasteiger partial charge >= 0.3 is 0 Å². The number of hydrogen-bond acceptors (Lipinski definition) is 3. The molecule has 1 heterocycles. The monoisotopic (exact) mass is 260 g/mol. The summed E-state index contributed by atoms with van der Waals surface area (Å²) >= 11 is 0. The molecule has 0 spiro atoms. The van der Waals surface area contributed by atoms with Gasteiger partial charge in [-0.25, -0.2) is 4.39 Å². The van der Waals surface area contributed by atoms with Gasteiger partial charge in [-0.15, -0.1) is 0 Å². The number of nitrogens with one attached hydrogen (secondary N) is 1. The number of benzene rings is 1. The number of nitrogens with zero attached hydrogens (tertiary/aromatic N) is 1. The standard InChI is InChI=1S/C15H17FN2O/c1-10-5-4-6-13(14(10)16)15(17-2)11-7-12(19-3)9-18-8-11/h4-9,15,17H,1-3H3. The largest absolute Gasteiger partial charge is 0.495 e. The average Bonchev–Trinajstić information content (AvgIpc) is 2.44. The van der Waals surface area contributed by atoms with Crippen LogP contribution >= 0.6 is 0 Å². The van der Waals surface area contributed by atoms with E-state index < -0.39 is 0 Å². The predicted molar refractivity (Wildman–Crippen MR) is 72.8 cm³/mol. The van der Waals surface area contributed by atoms with E-state index in [1.165, 1.54) is 0 Å². The lowest BCUT2D eigenvalue weighted by molar-refractivity contribution is 0.411. The summed E-state index contributed by atoms with van der Waals surface area (Å²) in [7, 11) is 3.38. The minimum Gasteiger partial charge on any atom is -0.495 e. The van der Waals surface area contributed by atoms with E-state index in [-0.39, 0.29) is 11.9 Å². The summed E-state index contributed by atoms with van der Waals surface area (Å²) in [6, 6.07) is 7.00. The number of rotatable bonds is 4. The lowest BCUT2D eigenvalue weighted by atomic mass is 9.98. The van der Waals surface area contributed by atoms with Crippen molar-refractivity contribution >= 4 is 0 Å². The summed E-state index contributed by atoms with van der Waals surface area (Å²) in [5.74, 6) is 0.468. The summed E-state index contributed by atoms with van der Waals surface area (Å²) in [6.45, 7) is 1.76. The molecule has 19 heavy (non-hydrogen) atoms. The van der Waals surface area contributed by atoms with E-state index in [9.17, 15) is 4.39 Å². The molecule has 1 aromatic carbocycles. The maximum atomic E-state index is 14.2. The molecule has 0 aliphatic heterocycles. The Bertz CT molecular complexity index is 572. The van der Waals surface area contributed by atoms with Gasteiger partial charge in [0, 0.05) is 11.8 Å². The molecular weight excluding hydrogens is 243 g/mol. The minimum absolute atomic E-state index is 0.190. The Morgan fingerprint density at radius 1 is 1.32 bits per heavy atom. The van der Waals surface area contributed by atoms with Crippen molar-refractivity contribution in [3.8, 4) is 5.75 Å². The summed E-state index contributed by atoms with van der Waals surface area (Å²) in [4.78, 5) is 4.11. The van der Waals surface area contributed by atoms with E-state index in [2.05, 4.69) is 10.3 Å².